The molecule has 1 aliphatic rings. The van der Waals surface area contributed by atoms with Crippen LogP contribution < -0.4 is 4.74 Å². The number of hydrogen-bond donors (Lipinski definition) is 0. The van der Waals surface area contributed by atoms with Gasteiger partial charge in [0.2, 0.25) is 5.91 Å². The minimum Gasteiger partial charge on any atom is -0.497 e. The third-order valence-electron chi connectivity index (χ3n) is 5.19. The molecular weight excluding hydrogens is 340 g/mol. The molecule has 5 heteroatoms. The molecule has 2 amide bonds. The highest BCUT2D eigenvalue weighted by atomic mass is 16.5. The summed E-state index contributed by atoms with van der Waals surface area (Å²) in [6, 6.07) is 13.4. The van der Waals surface area contributed by atoms with Gasteiger partial charge >= 0.3 is 0 Å². The first-order chi connectivity index (χ1) is 13.0. The van der Waals surface area contributed by atoms with Crippen molar-refractivity contribution < 1.29 is 14.3 Å². The molecule has 2 aromatic carbocycles. The average molecular weight is 366 g/mol. The highest BCUT2D eigenvalue weighted by Gasteiger charge is 2.25. The van der Waals surface area contributed by atoms with E-state index < -0.39 is 0 Å². The molecule has 0 atom stereocenters. The van der Waals surface area contributed by atoms with Gasteiger partial charge < -0.3 is 14.5 Å². The van der Waals surface area contributed by atoms with E-state index in [2.05, 4.69) is 0 Å². The maximum absolute atomic E-state index is 12.7. The Bertz CT molecular complexity index is 822. The SMILES string of the molecule is COc1ccc(CC(=O)N2CCN(C(=O)c3ccc(C)c(C)c3)CC2)cc1. The fourth-order valence-electron chi connectivity index (χ4n) is 3.25. The lowest BCUT2D eigenvalue weighted by atomic mass is 10.1. The van der Waals surface area contributed by atoms with Crippen LogP contribution in [0.25, 0.3) is 0 Å². The second-order valence-electron chi connectivity index (χ2n) is 7.00. The van der Waals surface area contributed by atoms with E-state index in [1.807, 2.05) is 66.1 Å². The van der Waals surface area contributed by atoms with Gasteiger partial charge in [-0.1, -0.05) is 18.2 Å². The van der Waals surface area contributed by atoms with Gasteiger partial charge in [0, 0.05) is 31.7 Å². The summed E-state index contributed by atoms with van der Waals surface area (Å²) in [4.78, 5) is 28.9. The highest BCUT2D eigenvalue weighted by molar-refractivity contribution is 5.94. The largest absolute Gasteiger partial charge is 0.497 e. The number of rotatable bonds is 4. The zero-order chi connectivity index (χ0) is 19.4. The molecule has 0 aromatic heterocycles. The molecule has 1 heterocycles. The monoisotopic (exact) mass is 366 g/mol. The van der Waals surface area contributed by atoms with Crippen LogP contribution in [0.1, 0.15) is 27.0 Å². The van der Waals surface area contributed by atoms with Crippen molar-refractivity contribution in [3.63, 3.8) is 0 Å². The Hall–Kier alpha value is -2.82. The van der Waals surface area contributed by atoms with Crippen molar-refractivity contribution >= 4 is 11.8 Å². The first-order valence-electron chi connectivity index (χ1n) is 9.25. The first kappa shape index (κ1) is 19.0. The van der Waals surface area contributed by atoms with E-state index in [-0.39, 0.29) is 11.8 Å². The van der Waals surface area contributed by atoms with E-state index >= 15 is 0 Å². The lowest BCUT2D eigenvalue weighted by Crippen LogP contribution is -2.51. The molecule has 0 saturated carbocycles. The van der Waals surface area contributed by atoms with E-state index in [4.69, 9.17) is 4.74 Å². The van der Waals surface area contributed by atoms with E-state index in [1.165, 1.54) is 5.56 Å². The van der Waals surface area contributed by atoms with Crippen LogP contribution in [0.4, 0.5) is 0 Å². The van der Waals surface area contributed by atoms with E-state index in [0.717, 1.165) is 22.4 Å². The van der Waals surface area contributed by atoms with Crippen molar-refractivity contribution in [1.29, 1.82) is 0 Å². The van der Waals surface area contributed by atoms with Gasteiger partial charge in [0.15, 0.2) is 0 Å². The van der Waals surface area contributed by atoms with E-state index in [0.29, 0.717) is 32.6 Å². The number of piperazine rings is 1. The Morgan fingerprint density at radius 3 is 2.11 bits per heavy atom. The van der Waals surface area contributed by atoms with Crippen LogP contribution in [0, 0.1) is 13.8 Å². The molecule has 0 aliphatic carbocycles. The van der Waals surface area contributed by atoms with Crippen LogP contribution in [0.15, 0.2) is 42.5 Å². The molecular formula is C22H26N2O3. The van der Waals surface area contributed by atoms with Gasteiger partial charge in [-0.2, -0.15) is 0 Å². The third-order valence-corrected chi connectivity index (χ3v) is 5.19. The molecule has 0 radical (unpaired) electrons. The minimum atomic E-state index is 0.0420. The van der Waals surface area contributed by atoms with Crippen LogP contribution in [0.5, 0.6) is 5.75 Å². The molecule has 0 bridgehead atoms. The van der Waals surface area contributed by atoms with Crippen LogP contribution in [0.3, 0.4) is 0 Å². The van der Waals surface area contributed by atoms with Crippen molar-refractivity contribution in [2.45, 2.75) is 20.3 Å². The maximum atomic E-state index is 12.7. The Kier molecular flexibility index (Phi) is 5.79. The van der Waals surface area contributed by atoms with Crippen molar-refractivity contribution in [3.8, 4) is 5.75 Å². The van der Waals surface area contributed by atoms with Crippen molar-refractivity contribution in [2.24, 2.45) is 0 Å². The van der Waals surface area contributed by atoms with Gasteiger partial charge in [0.05, 0.1) is 13.5 Å². The standard InChI is InChI=1S/C22H26N2O3/c1-16-4-7-19(14-17(16)2)22(26)24-12-10-23(11-13-24)21(25)15-18-5-8-20(27-3)9-6-18/h4-9,14H,10-13,15H2,1-3H3. The predicted molar refractivity (Wildman–Crippen MR) is 105 cm³/mol. The van der Waals surface area contributed by atoms with Gasteiger partial charge in [-0.05, 0) is 54.8 Å². The Labute approximate surface area is 160 Å². The van der Waals surface area contributed by atoms with Crippen LogP contribution in [-0.2, 0) is 11.2 Å². The number of benzene rings is 2. The summed E-state index contributed by atoms with van der Waals surface area (Å²) in [7, 11) is 1.62. The van der Waals surface area contributed by atoms with Crippen LogP contribution >= 0.6 is 0 Å². The zero-order valence-electron chi connectivity index (χ0n) is 16.2. The molecule has 1 fully saturated rings. The molecule has 142 valence electrons. The Morgan fingerprint density at radius 1 is 0.889 bits per heavy atom. The summed E-state index contributed by atoms with van der Waals surface area (Å²) >= 11 is 0. The average Bonchev–Trinajstić information content (AvgIpc) is 2.70. The number of nitrogens with zero attached hydrogens (tertiary/aromatic N) is 2. The fraction of sp³-hybridized carbons (Fsp3) is 0.364. The van der Waals surface area contributed by atoms with E-state index in [9.17, 15) is 9.59 Å². The van der Waals surface area contributed by atoms with Gasteiger partial charge in [0.1, 0.15) is 5.75 Å². The number of carbonyl (C=O) groups excluding carboxylic acids is 2. The summed E-state index contributed by atoms with van der Waals surface area (Å²) in [5, 5.41) is 0. The Morgan fingerprint density at radius 2 is 1.52 bits per heavy atom. The summed E-state index contributed by atoms with van der Waals surface area (Å²) < 4.78 is 5.14. The van der Waals surface area contributed by atoms with Gasteiger partial charge in [-0.15, -0.1) is 0 Å². The molecule has 0 N–H and O–H groups in total. The number of ether oxygens (including phenoxy) is 1. The summed E-state index contributed by atoms with van der Waals surface area (Å²) in [6.45, 7) is 6.34. The number of hydrogen-bond acceptors (Lipinski definition) is 3. The van der Waals surface area contributed by atoms with Gasteiger partial charge in [-0.25, -0.2) is 0 Å². The third kappa shape index (κ3) is 4.48. The van der Waals surface area contributed by atoms with Crippen molar-refractivity contribution in [1.82, 2.24) is 9.80 Å². The normalized spacial score (nSPS) is 14.2. The van der Waals surface area contributed by atoms with Crippen LogP contribution in [0.2, 0.25) is 0 Å². The van der Waals surface area contributed by atoms with Crippen molar-refractivity contribution in [2.75, 3.05) is 33.3 Å². The fourth-order valence-corrected chi connectivity index (χ4v) is 3.25. The van der Waals surface area contributed by atoms with Gasteiger partial charge in [0.25, 0.3) is 5.91 Å². The molecule has 2 aromatic rings. The number of methoxy groups -OCH3 is 1. The molecule has 0 unspecified atom stereocenters. The molecule has 1 aliphatic heterocycles. The van der Waals surface area contributed by atoms with E-state index in [1.54, 1.807) is 7.11 Å². The summed E-state index contributed by atoms with van der Waals surface area (Å²) in [6.07, 6.45) is 0.370. The number of aryl methyl sites for hydroxylation is 2. The molecule has 27 heavy (non-hydrogen) atoms. The lowest BCUT2D eigenvalue weighted by molar-refractivity contribution is -0.131. The first-order valence-corrected chi connectivity index (χ1v) is 9.25. The second kappa shape index (κ2) is 8.25. The quantitative estimate of drug-likeness (QED) is 0.836. The maximum Gasteiger partial charge on any atom is 0.253 e. The predicted octanol–water partition coefficient (Wildman–Crippen LogP) is 2.84. The summed E-state index contributed by atoms with van der Waals surface area (Å²) in [5.74, 6) is 0.920. The second-order valence-corrected chi connectivity index (χ2v) is 7.00. The highest BCUT2D eigenvalue weighted by Crippen LogP contribution is 2.15. The zero-order valence-corrected chi connectivity index (χ0v) is 16.2. The van der Waals surface area contributed by atoms with Gasteiger partial charge in [-0.3, -0.25) is 9.59 Å². The smallest absolute Gasteiger partial charge is 0.253 e. The lowest BCUT2D eigenvalue weighted by Gasteiger charge is -2.35. The topological polar surface area (TPSA) is 49.9 Å². The number of carbonyl (C=O) groups is 2. The van der Waals surface area contributed by atoms with Crippen LogP contribution in [-0.4, -0.2) is 54.9 Å². The number of amides is 2. The Balaban J connectivity index is 1.55. The molecule has 3 rings (SSSR count). The van der Waals surface area contributed by atoms with Crippen molar-refractivity contribution in [3.05, 3.63) is 64.7 Å². The molecule has 1 saturated heterocycles. The molecule has 5 nitrogen and oxygen atoms in total. The summed E-state index contributed by atoms with van der Waals surface area (Å²) in [5.41, 5.74) is 3.99. The molecule has 0 spiro atoms. The minimum absolute atomic E-state index is 0.0420.